The van der Waals surface area contributed by atoms with Gasteiger partial charge in [0.05, 0.1) is 26.9 Å². The van der Waals surface area contributed by atoms with Gasteiger partial charge >= 0.3 is 0 Å². The van der Waals surface area contributed by atoms with Crippen LogP contribution in [0.3, 0.4) is 0 Å². The molecule has 18 heavy (non-hydrogen) atoms. The molecule has 0 radical (unpaired) electrons. The van der Waals surface area contributed by atoms with E-state index in [1.807, 2.05) is 24.3 Å². The molecule has 0 amide bonds. The van der Waals surface area contributed by atoms with Crippen LogP contribution in [-0.4, -0.2) is 40.6 Å². The molecule has 0 aliphatic rings. The van der Waals surface area contributed by atoms with E-state index in [1.165, 1.54) is 0 Å². The Morgan fingerprint density at radius 3 is 2.22 bits per heavy atom. The van der Waals surface area contributed by atoms with Crippen LogP contribution in [0.15, 0.2) is 24.3 Å². The van der Waals surface area contributed by atoms with E-state index in [9.17, 15) is 0 Å². The largest absolute Gasteiger partial charge is 0.497 e. The highest BCUT2D eigenvalue weighted by atomic mass is 16.5. The summed E-state index contributed by atoms with van der Waals surface area (Å²) in [5.74, 6) is 0.861. The van der Waals surface area contributed by atoms with Crippen molar-refractivity contribution in [2.75, 3.05) is 40.6 Å². The molecule has 1 rings (SSSR count). The quantitative estimate of drug-likeness (QED) is 0.600. The summed E-state index contributed by atoms with van der Waals surface area (Å²) in [6.45, 7) is 3.30. The lowest BCUT2D eigenvalue weighted by molar-refractivity contribution is 0.0337. The van der Waals surface area contributed by atoms with Gasteiger partial charge in [-0.05, 0) is 24.1 Å². The molecule has 0 aliphatic heterocycles. The number of rotatable bonds is 10. The molecule has 0 aromatic heterocycles. The molecule has 0 unspecified atom stereocenters. The topological polar surface area (TPSA) is 36.9 Å². The third kappa shape index (κ3) is 6.59. The van der Waals surface area contributed by atoms with E-state index in [0.717, 1.165) is 30.9 Å². The van der Waals surface area contributed by atoms with Crippen molar-refractivity contribution in [3.63, 3.8) is 0 Å². The van der Waals surface area contributed by atoms with Crippen LogP contribution < -0.4 is 4.74 Å². The summed E-state index contributed by atoms with van der Waals surface area (Å²) in [5, 5.41) is 0. The second kappa shape index (κ2) is 9.88. The first-order valence-electron chi connectivity index (χ1n) is 6.14. The average molecular weight is 254 g/mol. The van der Waals surface area contributed by atoms with Crippen LogP contribution in [0.2, 0.25) is 0 Å². The third-order valence-corrected chi connectivity index (χ3v) is 2.44. The van der Waals surface area contributed by atoms with Crippen molar-refractivity contribution in [3.05, 3.63) is 29.8 Å². The molecule has 1 aromatic carbocycles. The van der Waals surface area contributed by atoms with Gasteiger partial charge in [0.25, 0.3) is 0 Å². The van der Waals surface area contributed by atoms with Crippen LogP contribution in [-0.2, 0) is 20.8 Å². The van der Waals surface area contributed by atoms with E-state index in [4.69, 9.17) is 18.9 Å². The minimum absolute atomic E-state index is 0.603. The van der Waals surface area contributed by atoms with Crippen LogP contribution >= 0.6 is 0 Å². The SMILES string of the molecule is COCCCOCCOCc1ccc(OC)cc1. The summed E-state index contributed by atoms with van der Waals surface area (Å²) in [5.41, 5.74) is 1.13. The minimum atomic E-state index is 0.603. The van der Waals surface area contributed by atoms with E-state index >= 15 is 0 Å². The fourth-order valence-electron chi connectivity index (χ4n) is 1.44. The van der Waals surface area contributed by atoms with Crippen molar-refractivity contribution in [1.82, 2.24) is 0 Å². The molecule has 0 heterocycles. The van der Waals surface area contributed by atoms with E-state index in [-0.39, 0.29) is 0 Å². The smallest absolute Gasteiger partial charge is 0.118 e. The number of benzene rings is 1. The Morgan fingerprint density at radius 1 is 0.833 bits per heavy atom. The fourth-order valence-corrected chi connectivity index (χ4v) is 1.44. The average Bonchev–Trinajstić information content (AvgIpc) is 2.42. The second-order valence-electron chi connectivity index (χ2n) is 3.86. The predicted molar refractivity (Wildman–Crippen MR) is 70.0 cm³/mol. The zero-order valence-corrected chi connectivity index (χ0v) is 11.2. The summed E-state index contributed by atoms with van der Waals surface area (Å²) in [6, 6.07) is 7.86. The summed E-state index contributed by atoms with van der Waals surface area (Å²) < 4.78 is 20.9. The van der Waals surface area contributed by atoms with E-state index in [2.05, 4.69) is 0 Å². The van der Waals surface area contributed by atoms with E-state index in [0.29, 0.717) is 19.8 Å². The Balaban J connectivity index is 2.00. The van der Waals surface area contributed by atoms with Crippen LogP contribution in [0.4, 0.5) is 0 Å². The lowest BCUT2D eigenvalue weighted by Crippen LogP contribution is -2.06. The Kier molecular flexibility index (Phi) is 8.21. The van der Waals surface area contributed by atoms with Crippen LogP contribution in [0.25, 0.3) is 0 Å². The minimum Gasteiger partial charge on any atom is -0.497 e. The van der Waals surface area contributed by atoms with E-state index in [1.54, 1.807) is 14.2 Å². The molecule has 0 saturated carbocycles. The molecular formula is C14H22O4. The molecule has 1 aromatic rings. The summed E-state index contributed by atoms with van der Waals surface area (Å²) in [4.78, 5) is 0. The van der Waals surface area contributed by atoms with Gasteiger partial charge < -0.3 is 18.9 Å². The van der Waals surface area contributed by atoms with Crippen molar-refractivity contribution in [3.8, 4) is 5.75 Å². The highest BCUT2D eigenvalue weighted by molar-refractivity contribution is 5.26. The maximum absolute atomic E-state index is 5.50. The van der Waals surface area contributed by atoms with Crippen molar-refractivity contribution >= 4 is 0 Å². The molecule has 0 N–H and O–H groups in total. The second-order valence-corrected chi connectivity index (χ2v) is 3.86. The maximum atomic E-state index is 5.50. The molecule has 0 aliphatic carbocycles. The predicted octanol–water partition coefficient (Wildman–Crippen LogP) is 2.26. The van der Waals surface area contributed by atoms with Crippen molar-refractivity contribution < 1.29 is 18.9 Å². The van der Waals surface area contributed by atoms with Gasteiger partial charge in [0.1, 0.15) is 5.75 Å². The van der Waals surface area contributed by atoms with Gasteiger partial charge in [0.15, 0.2) is 0 Å². The van der Waals surface area contributed by atoms with Gasteiger partial charge in [-0.15, -0.1) is 0 Å². The van der Waals surface area contributed by atoms with Gasteiger partial charge in [-0.2, -0.15) is 0 Å². The van der Waals surface area contributed by atoms with Gasteiger partial charge in [-0.1, -0.05) is 12.1 Å². The van der Waals surface area contributed by atoms with Gasteiger partial charge in [-0.25, -0.2) is 0 Å². The van der Waals surface area contributed by atoms with Gasteiger partial charge in [-0.3, -0.25) is 0 Å². The van der Waals surface area contributed by atoms with Gasteiger partial charge in [0.2, 0.25) is 0 Å². The summed E-state index contributed by atoms with van der Waals surface area (Å²) in [7, 11) is 3.35. The first-order chi connectivity index (χ1) is 8.86. The zero-order valence-electron chi connectivity index (χ0n) is 11.2. The van der Waals surface area contributed by atoms with Crippen molar-refractivity contribution in [2.45, 2.75) is 13.0 Å². The normalized spacial score (nSPS) is 10.6. The van der Waals surface area contributed by atoms with E-state index < -0.39 is 0 Å². The maximum Gasteiger partial charge on any atom is 0.118 e. The zero-order chi connectivity index (χ0) is 13.1. The number of hydrogen-bond donors (Lipinski definition) is 0. The molecule has 0 spiro atoms. The molecular weight excluding hydrogens is 232 g/mol. The highest BCUT2D eigenvalue weighted by Crippen LogP contribution is 2.11. The Hall–Kier alpha value is -1.10. The number of methoxy groups -OCH3 is 2. The first-order valence-corrected chi connectivity index (χ1v) is 6.14. The highest BCUT2D eigenvalue weighted by Gasteiger charge is 1.95. The molecule has 4 heteroatoms. The molecule has 4 nitrogen and oxygen atoms in total. The number of hydrogen-bond acceptors (Lipinski definition) is 4. The Morgan fingerprint density at radius 2 is 1.56 bits per heavy atom. The summed E-state index contributed by atoms with van der Waals surface area (Å²) >= 11 is 0. The van der Waals surface area contributed by atoms with Crippen LogP contribution in [0, 0.1) is 0 Å². The van der Waals surface area contributed by atoms with Crippen LogP contribution in [0.5, 0.6) is 5.75 Å². The number of ether oxygens (including phenoxy) is 4. The van der Waals surface area contributed by atoms with Crippen molar-refractivity contribution in [1.29, 1.82) is 0 Å². The third-order valence-electron chi connectivity index (χ3n) is 2.44. The fraction of sp³-hybridized carbons (Fsp3) is 0.571. The molecule has 102 valence electrons. The van der Waals surface area contributed by atoms with Crippen molar-refractivity contribution in [2.24, 2.45) is 0 Å². The molecule has 0 atom stereocenters. The van der Waals surface area contributed by atoms with Gasteiger partial charge in [0, 0.05) is 20.3 Å². The Bertz CT molecular complexity index is 297. The first kappa shape index (κ1) is 15.0. The summed E-state index contributed by atoms with van der Waals surface area (Å²) in [6.07, 6.45) is 0.926. The lowest BCUT2D eigenvalue weighted by Gasteiger charge is -2.06. The Labute approximate surface area is 109 Å². The molecule has 0 fully saturated rings. The standard InChI is InChI=1S/C14H22O4/c1-15-8-3-9-17-10-11-18-12-13-4-6-14(16-2)7-5-13/h4-7H,3,8-12H2,1-2H3. The monoisotopic (exact) mass is 254 g/mol. The molecule has 0 bridgehead atoms. The lowest BCUT2D eigenvalue weighted by atomic mass is 10.2. The molecule has 0 saturated heterocycles. The van der Waals surface area contributed by atoms with Crippen LogP contribution in [0.1, 0.15) is 12.0 Å².